The Morgan fingerprint density at radius 2 is 1.53 bits per heavy atom. The standard InChI is InChI=1S/C12H12OS.ClH/c1-14(2)12-8-7-11(13)9-5-3-4-6-10(9)12;/h3-8H,1-2H3;1H. The number of hydrogen-bond acceptors (Lipinski definition) is 1. The van der Waals surface area contributed by atoms with E-state index in [1.54, 1.807) is 6.07 Å². The van der Waals surface area contributed by atoms with Crippen LogP contribution in [0.1, 0.15) is 0 Å². The third kappa shape index (κ3) is 2.21. The average Bonchev–Trinajstić information content (AvgIpc) is 2.18. The molecule has 0 radical (unpaired) electrons. The van der Waals surface area contributed by atoms with Gasteiger partial charge in [0.05, 0.1) is 0 Å². The molecule has 80 valence electrons. The zero-order valence-corrected chi connectivity index (χ0v) is 10.3. The number of rotatable bonds is 1. The molecule has 0 aliphatic carbocycles. The summed E-state index contributed by atoms with van der Waals surface area (Å²) in [5, 5.41) is 11.8. The van der Waals surface area contributed by atoms with E-state index in [1.807, 2.05) is 24.3 Å². The summed E-state index contributed by atoms with van der Waals surface area (Å²) in [4.78, 5) is 1.32. The van der Waals surface area contributed by atoms with Crippen LogP contribution in [0.15, 0.2) is 41.3 Å². The largest absolute Gasteiger partial charge is 1.00 e. The average molecular weight is 241 g/mol. The van der Waals surface area contributed by atoms with Crippen molar-refractivity contribution >= 4 is 21.7 Å². The lowest BCUT2D eigenvalue weighted by atomic mass is 10.1. The predicted octanol–water partition coefficient (Wildman–Crippen LogP) is -0.214. The summed E-state index contributed by atoms with van der Waals surface area (Å²) in [6.07, 6.45) is 4.39. The van der Waals surface area contributed by atoms with Gasteiger partial charge in [-0.3, -0.25) is 0 Å². The number of fused-ring (bicyclic) bond motifs is 1. The summed E-state index contributed by atoms with van der Waals surface area (Å²) < 4.78 is 0. The minimum absolute atomic E-state index is 0. The van der Waals surface area contributed by atoms with Crippen LogP contribution in [-0.4, -0.2) is 17.6 Å². The lowest BCUT2D eigenvalue weighted by molar-refractivity contribution is -0.00000389. The van der Waals surface area contributed by atoms with E-state index in [-0.39, 0.29) is 23.3 Å². The first-order valence-corrected chi connectivity index (χ1v) is 6.52. The highest BCUT2D eigenvalue weighted by molar-refractivity contribution is 7.95. The third-order valence-electron chi connectivity index (χ3n) is 2.30. The Kier molecular flexibility index (Phi) is 3.89. The fourth-order valence-electron chi connectivity index (χ4n) is 1.61. The molecule has 2 rings (SSSR count). The molecule has 0 aromatic heterocycles. The number of aromatic hydroxyl groups is 1. The predicted molar refractivity (Wildman–Crippen MR) is 63.1 cm³/mol. The molecule has 0 aliphatic heterocycles. The van der Waals surface area contributed by atoms with Gasteiger partial charge in [0.25, 0.3) is 0 Å². The molecule has 2 aromatic carbocycles. The van der Waals surface area contributed by atoms with E-state index in [1.165, 1.54) is 10.3 Å². The van der Waals surface area contributed by atoms with Crippen LogP contribution in [0.5, 0.6) is 5.75 Å². The third-order valence-corrected chi connectivity index (χ3v) is 3.54. The SMILES string of the molecule is C[S+](C)c1ccc(O)c2ccccc12.[Cl-]. The van der Waals surface area contributed by atoms with Crippen LogP contribution < -0.4 is 12.4 Å². The van der Waals surface area contributed by atoms with Gasteiger partial charge in [-0.25, -0.2) is 0 Å². The fraction of sp³-hybridized carbons (Fsp3) is 0.167. The molecular weight excluding hydrogens is 228 g/mol. The maximum Gasteiger partial charge on any atom is 0.162 e. The molecule has 0 spiro atoms. The Hall–Kier alpha value is -0.860. The van der Waals surface area contributed by atoms with Gasteiger partial charge in [-0.05, 0) is 18.2 Å². The smallest absolute Gasteiger partial charge is 0.162 e. The quantitative estimate of drug-likeness (QED) is 0.684. The van der Waals surface area contributed by atoms with E-state index in [2.05, 4.69) is 18.6 Å². The molecule has 0 unspecified atom stereocenters. The van der Waals surface area contributed by atoms with E-state index in [9.17, 15) is 5.11 Å². The minimum atomic E-state index is 0. The maximum absolute atomic E-state index is 9.68. The fourth-order valence-corrected chi connectivity index (χ4v) is 2.57. The van der Waals surface area contributed by atoms with Gasteiger partial charge >= 0.3 is 0 Å². The van der Waals surface area contributed by atoms with Crippen molar-refractivity contribution in [1.29, 1.82) is 0 Å². The molecule has 15 heavy (non-hydrogen) atoms. The molecule has 0 heterocycles. The number of halogens is 1. The zero-order chi connectivity index (χ0) is 10.1. The second kappa shape index (κ2) is 4.77. The van der Waals surface area contributed by atoms with Crippen molar-refractivity contribution in [3.05, 3.63) is 36.4 Å². The molecule has 0 saturated carbocycles. The Morgan fingerprint density at radius 3 is 2.13 bits per heavy atom. The number of phenolic OH excluding ortho intramolecular Hbond substituents is 1. The van der Waals surface area contributed by atoms with Crippen LogP contribution >= 0.6 is 0 Å². The molecule has 0 aliphatic rings. The van der Waals surface area contributed by atoms with Crippen LogP contribution in [0.3, 0.4) is 0 Å². The summed E-state index contributed by atoms with van der Waals surface area (Å²) in [7, 11) is 0.227. The molecule has 0 bridgehead atoms. The van der Waals surface area contributed by atoms with Crippen LogP contribution in [0.4, 0.5) is 0 Å². The van der Waals surface area contributed by atoms with Crippen LogP contribution in [0.2, 0.25) is 0 Å². The Balaban J connectivity index is 0.00000112. The summed E-state index contributed by atoms with van der Waals surface area (Å²) in [6.45, 7) is 0. The van der Waals surface area contributed by atoms with E-state index in [0.29, 0.717) is 5.75 Å². The van der Waals surface area contributed by atoms with E-state index in [4.69, 9.17) is 0 Å². The highest BCUT2D eigenvalue weighted by Crippen LogP contribution is 2.29. The first-order valence-electron chi connectivity index (χ1n) is 4.48. The summed E-state index contributed by atoms with van der Waals surface area (Å²) in [5.74, 6) is 0.370. The number of phenols is 1. The van der Waals surface area contributed by atoms with Crippen LogP contribution in [0, 0.1) is 0 Å². The second-order valence-electron chi connectivity index (χ2n) is 3.44. The Labute approximate surface area is 98.9 Å². The normalized spacial score (nSPS) is 10.3. The Morgan fingerprint density at radius 1 is 0.933 bits per heavy atom. The van der Waals surface area contributed by atoms with Gasteiger partial charge in [0, 0.05) is 21.7 Å². The van der Waals surface area contributed by atoms with Crippen molar-refractivity contribution in [1.82, 2.24) is 0 Å². The monoisotopic (exact) mass is 240 g/mol. The van der Waals surface area contributed by atoms with E-state index in [0.717, 1.165) is 5.39 Å². The van der Waals surface area contributed by atoms with Gasteiger partial charge < -0.3 is 17.5 Å². The summed E-state index contributed by atoms with van der Waals surface area (Å²) in [6, 6.07) is 11.8. The molecule has 0 saturated heterocycles. The van der Waals surface area contributed by atoms with Gasteiger partial charge in [-0.2, -0.15) is 0 Å². The molecular formula is C12H13ClOS. The highest BCUT2D eigenvalue weighted by atomic mass is 35.5. The molecule has 3 heteroatoms. The van der Waals surface area contributed by atoms with Crippen molar-refractivity contribution in [2.24, 2.45) is 0 Å². The van der Waals surface area contributed by atoms with Crippen molar-refractivity contribution in [3.8, 4) is 5.75 Å². The molecule has 0 amide bonds. The Bertz CT molecular complexity index is 468. The molecule has 1 nitrogen and oxygen atoms in total. The van der Waals surface area contributed by atoms with Crippen LogP contribution in [0.25, 0.3) is 10.8 Å². The first kappa shape index (κ1) is 12.2. The van der Waals surface area contributed by atoms with Gasteiger partial charge in [0.1, 0.15) is 18.3 Å². The van der Waals surface area contributed by atoms with Crippen molar-refractivity contribution in [3.63, 3.8) is 0 Å². The van der Waals surface area contributed by atoms with E-state index < -0.39 is 0 Å². The van der Waals surface area contributed by atoms with Gasteiger partial charge in [0.15, 0.2) is 4.90 Å². The lowest BCUT2D eigenvalue weighted by Crippen LogP contribution is -3.00. The summed E-state index contributed by atoms with van der Waals surface area (Å²) in [5.41, 5.74) is 0. The van der Waals surface area contributed by atoms with Gasteiger partial charge in [0.2, 0.25) is 0 Å². The van der Waals surface area contributed by atoms with Crippen LogP contribution in [-0.2, 0) is 10.9 Å². The molecule has 0 atom stereocenters. The second-order valence-corrected chi connectivity index (χ2v) is 5.52. The maximum atomic E-state index is 9.68. The van der Waals surface area contributed by atoms with Gasteiger partial charge in [-0.1, -0.05) is 18.2 Å². The van der Waals surface area contributed by atoms with E-state index >= 15 is 0 Å². The van der Waals surface area contributed by atoms with Crippen molar-refractivity contribution in [2.75, 3.05) is 12.5 Å². The minimum Gasteiger partial charge on any atom is -1.00 e. The zero-order valence-electron chi connectivity index (χ0n) is 8.70. The molecule has 0 fully saturated rings. The van der Waals surface area contributed by atoms with Crippen molar-refractivity contribution < 1.29 is 17.5 Å². The molecule has 1 N–H and O–H groups in total. The summed E-state index contributed by atoms with van der Waals surface area (Å²) >= 11 is 0. The van der Waals surface area contributed by atoms with Gasteiger partial charge in [-0.15, -0.1) is 0 Å². The first-order chi connectivity index (χ1) is 6.70. The topological polar surface area (TPSA) is 20.2 Å². The molecule has 2 aromatic rings. The lowest BCUT2D eigenvalue weighted by Gasteiger charge is -2.04. The number of hydrogen-bond donors (Lipinski definition) is 1. The van der Waals surface area contributed by atoms with Crippen molar-refractivity contribution in [2.45, 2.75) is 4.90 Å². The number of benzene rings is 2. The highest BCUT2D eigenvalue weighted by Gasteiger charge is 2.14.